The maximum Gasteiger partial charge on any atom is 0.202 e. The fraction of sp³-hybridized carbons (Fsp3) is 0.444. The van der Waals surface area contributed by atoms with Crippen LogP contribution >= 0.6 is 0 Å². The Morgan fingerprint density at radius 3 is 2.51 bits per heavy atom. The molecule has 208 valence electrons. The molecule has 1 heterocycles. The molecular formula is C27H28FNO10. The van der Waals surface area contributed by atoms with Gasteiger partial charge in [-0.2, -0.15) is 0 Å². The molecule has 0 spiro atoms. The standard InChI is InChI=1S/C27H28FNO10/c1-10(30)27(36)7-12-19(15(8-27)38-17-6-13(29)24(33)16(9-28)39-17)26(35)21-20(23(12)32)22(31)11-4-3-5-14(37-2)18(11)25(21)34/h3-5,13,15-17,24,32-33,35-36H,6-9,29H2,1-2H3. The highest BCUT2D eigenvalue weighted by Crippen LogP contribution is 2.52. The number of carbonyl (C=O) groups is 3. The summed E-state index contributed by atoms with van der Waals surface area (Å²) in [6.45, 7) is 0.0713. The molecule has 2 aromatic rings. The Balaban J connectivity index is 1.67. The van der Waals surface area contributed by atoms with Crippen LogP contribution in [0.15, 0.2) is 18.2 Å². The molecule has 0 bridgehead atoms. The third kappa shape index (κ3) is 4.10. The molecule has 3 aliphatic rings. The summed E-state index contributed by atoms with van der Waals surface area (Å²) >= 11 is 0. The summed E-state index contributed by atoms with van der Waals surface area (Å²) in [6, 6.07) is 3.43. The molecule has 2 aliphatic carbocycles. The SMILES string of the molecule is COc1cccc2c1C(=O)c1c(O)c3c(c(O)c1C2=O)CC(O)(C(C)=O)CC3OC1CC(N)C(O)C(CF)O1. The number of benzene rings is 2. The highest BCUT2D eigenvalue weighted by molar-refractivity contribution is 6.31. The number of phenolic OH excluding ortho intramolecular Hbond substituents is 2. The minimum absolute atomic E-state index is 0.0487. The Kier molecular flexibility index (Phi) is 6.72. The first-order valence-corrected chi connectivity index (χ1v) is 12.3. The lowest BCUT2D eigenvalue weighted by atomic mass is 9.72. The summed E-state index contributed by atoms with van der Waals surface area (Å²) in [5.41, 5.74) is 2.47. The molecule has 12 heteroatoms. The maximum absolute atomic E-state index is 13.6. The van der Waals surface area contributed by atoms with E-state index in [0.29, 0.717) is 0 Å². The molecule has 0 radical (unpaired) electrons. The number of ketones is 3. The molecule has 1 aliphatic heterocycles. The van der Waals surface area contributed by atoms with Crippen molar-refractivity contribution in [2.24, 2.45) is 5.73 Å². The largest absolute Gasteiger partial charge is 0.507 e. The predicted molar refractivity (Wildman–Crippen MR) is 131 cm³/mol. The zero-order valence-corrected chi connectivity index (χ0v) is 21.1. The molecule has 1 saturated heterocycles. The molecule has 0 aromatic heterocycles. The number of rotatable bonds is 5. The van der Waals surface area contributed by atoms with Gasteiger partial charge in [-0.05, 0) is 13.0 Å². The Labute approximate surface area is 221 Å². The van der Waals surface area contributed by atoms with Crippen molar-refractivity contribution < 1.29 is 53.4 Å². The Bertz CT molecular complexity index is 1390. The van der Waals surface area contributed by atoms with Crippen molar-refractivity contribution >= 4 is 17.3 Å². The average Bonchev–Trinajstić information content (AvgIpc) is 2.90. The van der Waals surface area contributed by atoms with Crippen LogP contribution in [0, 0.1) is 0 Å². The van der Waals surface area contributed by atoms with Crippen molar-refractivity contribution in [3.8, 4) is 17.2 Å². The summed E-state index contributed by atoms with van der Waals surface area (Å²) < 4.78 is 30.2. The number of aliphatic hydroxyl groups is 2. The molecule has 2 aromatic carbocycles. The molecular weight excluding hydrogens is 517 g/mol. The second-order valence-electron chi connectivity index (χ2n) is 10.1. The number of aliphatic hydroxyl groups excluding tert-OH is 1. The third-order valence-corrected chi connectivity index (χ3v) is 7.81. The molecule has 0 saturated carbocycles. The topological polar surface area (TPSA) is 186 Å². The first-order chi connectivity index (χ1) is 18.4. The van der Waals surface area contributed by atoms with Gasteiger partial charge in [-0.1, -0.05) is 12.1 Å². The van der Waals surface area contributed by atoms with Crippen LogP contribution in [-0.4, -0.2) is 81.7 Å². The predicted octanol–water partition coefficient (Wildman–Crippen LogP) is 0.978. The number of Topliss-reactive ketones (excluding diaryl/α,β-unsaturated/α-hetero) is 1. The van der Waals surface area contributed by atoms with E-state index in [1.807, 2.05) is 0 Å². The number of alkyl halides is 1. The minimum atomic E-state index is -2.07. The monoisotopic (exact) mass is 545 g/mol. The summed E-state index contributed by atoms with van der Waals surface area (Å²) in [5, 5.41) is 44.0. The van der Waals surface area contributed by atoms with E-state index in [1.165, 1.54) is 25.3 Å². The van der Waals surface area contributed by atoms with E-state index < -0.39 is 95.7 Å². The zero-order chi connectivity index (χ0) is 28.4. The number of phenols is 2. The summed E-state index contributed by atoms with van der Waals surface area (Å²) in [6.07, 6.45) is -6.18. The van der Waals surface area contributed by atoms with Crippen molar-refractivity contribution in [2.75, 3.05) is 13.8 Å². The van der Waals surface area contributed by atoms with Crippen LogP contribution in [0.2, 0.25) is 0 Å². The van der Waals surface area contributed by atoms with Gasteiger partial charge in [0.05, 0.1) is 36.0 Å². The smallest absolute Gasteiger partial charge is 0.202 e. The third-order valence-electron chi connectivity index (χ3n) is 7.81. The van der Waals surface area contributed by atoms with Gasteiger partial charge >= 0.3 is 0 Å². The van der Waals surface area contributed by atoms with Crippen LogP contribution in [0.25, 0.3) is 0 Å². The summed E-state index contributed by atoms with van der Waals surface area (Å²) in [4.78, 5) is 39.6. The van der Waals surface area contributed by atoms with Crippen molar-refractivity contribution in [3.05, 3.63) is 51.6 Å². The Hall–Kier alpha value is -3.42. The van der Waals surface area contributed by atoms with E-state index in [0.717, 1.165) is 6.92 Å². The molecule has 6 unspecified atom stereocenters. The quantitative estimate of drug-likeness (QED) is 0.288. The number of nitrogens with two attached hydrogens (primary N) is 1. The van der Waals surface area contributed by atoms with Crippen molar-refractivity contribution in [2.45, 2.75) is 62.4 Å². The van der Waals surface area contributed by atoms with Gasteiger partial charge in [0, 0.05) is 42.0 Å². The van der Waals surface area contributed by atoms with E-state index in [-0.39, 0.29) is 34.4 Å². The van der Waals surface area contributed by atoms with Crippen molar-refractivity contribution in [1.29, 1.82) is 0 Å². The van der Waals surface area contributed by atoms with Crippen LogP contribution in [0.3, 0.4) is 0 Å². The molecule has 0 amide bonds. The van der Waals surface area contributed by atoms with Crippen LogP contribution in [0.4, 0.5) is 4.39 Å². The average molecular weight is 546 g/mol. The summed E-state index contributed by atoms with van der Waals surface area (Å²) in [5.74, 6) is -3.48. The van der Waals surface area contributed by atoms with Crippen LogP contribution in [0.1, 0.15) is 68.8 Å². The van der Waals surface area contributed by atoms with E-state index in [9.17, 15) is 39.2 Å². The van der Waals surface area contributed by atoms with Crippen LogP contribution in [0.5, 0.6) is 17.2 Å². The number of methoxy groups -OCH3 is 1. The van der Waals surface area contributed by atoms with Gasteiger partial charge in [-0.3, -0.25) is 14.4 Å². The fourth-order valence-corrected chi connectivity index (χ4v) is 5.67. The van der Waals surface area contributed by atoms with Gasteiger partial charge in [0.15, 0.2) is 17.9 Å². The van der Waals surface area contributed by atoms with E-state index >= 15 is 0 Å². The first-order valence-electron chi connectivity index (χ1n) is 12.3. The lowest BCUT2D eigenvalue weighted by Gasteiger charge is -2.42. The first kappa shape index (κ1) is 27.2. The van der Waals surface area contributed by atoms with E-state index in [1.54, 1.807) is 0 Å². The number of ether oxygens (including phenoxy) is 3. The minimum Gasteiger partial charge on any atom is -0.507 e. The number of fused-ring (bicyclic) bond motifs is 3. The highest BCUT2D eigenvalue weighted by atomic mass is 19.1. The molecule has 6 N–H and O–H groups in total. The van der Waals surface area contributed by atoms with Crippen LogP contribution in [-0.2, 0) is 20.7 Å². The highest BCUT2D eigenvalue weighted by Gasteiger charge is 2.49. The second kappa shape index (κ2) is 9.65. The van der Waals surface area contributed by atoms with Gasteiger partial charge < -0.3 is 40.4 Å². The molecule has 6 atom stereocenters. The Morgan fingerprint density at radius 1 is 1.18 bits per heavy atom. The lowest BCUT2D eigenvalue weighted by Crippen LogP contribution is -2.54. The number of halogens is 1. The number of hydrogen-bond acceptors (Lipinski definition) is 11. The van der Waals surface area contributed by atoms with Gasteiger partial charge in [0.25, 0.3) is 0 Å². The maximum atomic E-state index is 13.6. The lowest BCUT2D eigenvalue weighted by molar-refractivity contribution is -0.253. The molecule has 39 heavy (non-hydrogen) atoms. The van der Waals surface area contributed by atoms with Crippen LogP contribution < -0.4 is 10.5 Å². The second-order valence-corrected chi connectivity index (χ2v) is 10.1. The van der Waals surface area contributed by atoms with Gasteiger partial charge in [-0.15, -0.1) is 0 Å². The number of hydrogen-bond donors (Lipinski definition) is 5. The number of carbonyl (C=O) groups excluding carboxylic acids is 3. The van der Waals surface area contributed by atoms with E-state index in [4.69, 9.17) is 19.9 Å². The molecule has 11 nitrogen and oxygen atoms in total. The zero-order valence-electron chi connectivity index (χ0n) is 21.1. The van der Waals surface area contributed by atoms with Gasteiger partial charge in [0.2, 0.25) is 5.78 Å². The van der Waals surface area contributed by atoms with Crippen molar-refractivity contribution in [1.82, 2.24) is 0 Å². The van der Waals surface area contributed by atoms with Gasteiger partial charge in [0.1, 0.15) is 35.6 Å². The summed E-state index contributed by atoms with van der Waals surface area (Å²) in [7, 11) is 1.32. The number of aromatic hydroxyl groups is 2. The van der Waals surface area contributed by atoms with Gasteiger partial charge in [-0.25, -0.2) is 4.39 Å². The Morgan fingerprint density at radius 2 is 1.87 bits per heavy atom. The molecule has 1 fully saturated rings. The van der Waals surface area contributed by atoms with E-state index in [2.05, 4.69) is 0 Å². The molecule has 5 rings (SSSR count). The normalized spacial score (nSPS) is 29.8. The fourth-order valence-electron chi connectivity index (χ4n) is 5.67. The van der Waals surface area contributed by atoms with Crippen molar-refractivity contribution in [3.63, 3.8) is 0 Å².